The van der Waals surface area contributed by atoms with Crippen molar-refractivity contribution >= 4 is 28.3 Å². The van der Waals surface area contributed by atoms with E-state index in [0.29, 0.717) is 36.0 Å². The summed E-state index contributed by atoms with van der Waals surface area (Å²) in [6.45, 7) is 3.06. The number of anilines is 1. The predicted octanol–water partition coefficient (Wildman–Crippen LogP) is 3.26. The second kappa shape index (κ2) is 7.85. The molecule has 1 aromatic carbocycles. The van der Waals surface area contributed by atoms with E-state index in [1.165, 1.54) is 23.9 Å². The molecule has 1 aliphatic heterocycles. The first-order valence-corrected chi connectivity index (χ1v) is 9.69. The average Bonchev–Trinajstić information content (AvgIpc) is 3.36. The summed E-state index contributed by atoms with van der Waals surface area (Å²) in [5.74, 6) is 0.349. The van der Waals surface area contributed by atoms with Crippen LogP contribution in [0.5, 0.6) is 5.75 Å². The van der Waals surface area contributed by atoms with Gasteiger partial charge in [-0.05, 0) is 25.1 Å². The molecule has 2 amide bonds. The minimum absolute atomic E-state index is 0.00127. The molecule has 0 aliphatic carbocycles. The lowest BCUT2D eigenvalue weighted by Crippen LogP contribution is -2.38. The van der Waals surface area contributed by atoms with Crippen LogP contribution in [-0.4, -0.2) is 34.8 Å². The van der Waals surface area contributed by atoms with Gasteiger partial charge >= 0.3 is 0 Å². The number of carbonyl (C=O) groups excluding carboxylic acids is 2. The van der Waals surface area contributed by atoms with Gasteiger partial charge in [-0.3, -0.25) is 14.9 Å². The molecular weight excluding hydrogens is 378 g/mol. The van der Waals surface area contributed by atoms with Gasteiger partial charge in [0.1, 0.15) is 12.0 Å². The predicted molar refractivity (Wildman–Crippen MR) is 105 cm³/mol. The summed E-state index contributed by atoms with van der Waals surface area (Å²) in [5, 5.41) is 3.31. The Hall–Kier alpha value is -3.13. The Balaban J connectivity index is 1.35. The molecule has 3 aromatic rings. The van der Waals surface area contributed by atoms with Crippen molar-refractivity contribution in [3.63, 3.8) is 0 Å². The van der Waals surface area contributed by atoms with Crippen molar-refractivity contribution < 1.29 is 18.7 Å². The fourth-order valence-corrected chi connectivity index (χ4v) is 3.91. The van der Waals surface area contributed by atoms with Crippen molar-refractivity contribution in [2.45, 2.75) is 19.9 Å². The summed E-state index contributed by atoms with van der Waals surface area (Å²) in [4.78, 5) is 31.8. The molecule has 0 radical (unpaired) electrons. The van der Waals surface area contributed by atoms with Crippen LogP contribution in [0.15, 0.2) is 47.3 Å². The number of amides is 2. The molecule has 4 rings (SSSR count). The van der Waals surface area contributed by atoms with E-state index >= 15 is 0 Å². The first kappa shape index (κ1) is 18.2. The zero-order valence-corrected chi connectivity index (χ0v) is 16.1. The third-order valence-electron chi connectivity index (χ3n) is 4.47. The fraction of sp³-hybridized carbons (Fsp3) is 0.250. The maximum absolute atomic E-state index is 12.5. The standard InChI is InChI=1S/C20H19N3O4S/c1-13-2-4-15(5-3-13)27-12-18(24)23-8-6-16-17(10-23)28-20(21-16)22-19(25)14-7-9-26-11-14/h2-5,7,9,11H,6,8,10,12H2,1H3,(H,21,22,25). The number of nitrogens with zero attached hydrogens (tertiary/aromatic N) is 2. The zero-order chi connectivity index (χ0) is 19.5. The summed E-state index contributed by atoms with van der Waals surface area (Å²) >= 11 is 1.39. The summed E-state index contributed by atoms with van der Waals surface area (Å²) in [5.41, 5.74) is 2.51. The largest absolute Gasteiger partial charge is 0.484 e. The van der Waals surface area contributed by atoms with Crippen LogP contribution >= 0.6 is 11.3 Å². The van der Waals surface area contributed by atoms with Crippen molar-refractivity contribution in [3.8, 4) is 5.75 Å². The Morgan fingerprint density at radius 3 is 2.86 bits per heavy atom. The number of aromatic nitrogens is 1. The molecule has 8 heteroatoms. The van der Waals surface area contributed by atoms with E-state index in [1.807, 2.05) is 31.2 Å². The minimum atomic E-state index is -0.265. The Morgan fingerprint density at radius 2 is 2.11 bits per heavy atom. The molecule has 1 N–H and O–H groups in total. The second-order valence-corrected chi connectivity index (χ2v) is 7.61. The summed E-state index contributed by atoms with van der Waals surface area (Å²) in [7, 11) is 0. The lowest BCUT2D eigenvalue weighted by Gasteiger charge is -2.26. The Bertz CT molecular complexity index is 980. The topological polar surface area (TPSA) is 84.7 Å². The van der Waals surface area contributed by atoms with Gasteiger partial charge < -0.3 is 14.1 Å². The molecule has 1 aliphatic rings. The molecular formula is C20H19N3O4S. The summed E-state index contributed by atoms with van der Waals surface area (Å²) in [6, 6.07) is 9.20. The van der Waals surface area contributed by atoms with E-state index < -0.39 is 0 Å². The van der Waals surface area contributed by atoms with Crippen LogP contribution in [0.3, 0.4) is 0 Å². The first-order valence-electron chi connectivity index (χ1n) is 8.88. The number of benzene rings is 1. The number of hydrogen-bond acceptors (Lipinski definition) is 6. The van der Waals surface area contributed by atoms with Gasteiger partial charge in [-0.15, -0.1) is 0 Å². The molecule has 0 saturated carbocycles. The minimum Gasteiger partial charge on any atom is -0.484 e. The van der Waals surface area contributed by atoms with Crippen molar-refractivity contribution in [3.05, 3.63) is 64.6 Å². The number of thiazole rings is 1. The number of nitrogens with one attached hydrogen (secondary N) is 1. The SMILES string of the molecule is Cc1ccc(OCC(=O)N2CCc3nc(NC(=O)c4ccoc4)sc3C2)cc1. The van der Waals surface area contributed by atoms with Crippen LogP contribution in [0, 0.1) is 6.92 Å². The molecule has 0 bridgehead atoms. The summed E-state index contributed by atoms with van der Waals surface area (Å²) in [6.07, 6.45) is 3.49. The van der Waals surface area contributed by atoms with E-state index in [-0.39, 0.29) is 18.4 Å². The monoisotopic (exact) mass is 397 g/mol. The fourth-order valence-electron chi connectivity index (χ4n) is 2.90. The molecule has 28 heavy (non-hydrogen) atoms. The number of fused-ring (bicyclic) bond motifs is 1. The van der Waals surface area contributed by atoms with Crippen LogP contribution in [0.25, 0.3) is 0 Å². The van der Waals surface area contributed by atoms with E-state index in [1.54, 1.807) is 11.0 Å². The molecule has 7 nitrogen and oxygen atoms in total. The number of ether oxygens (including phenoxy) is 1. The average molecular weight is 397 g/mol. The lowest BCUT2D eigenvalue weighted by molar-refractivity contribution is -0.134. The summed E-state index contributed by atoms with van der Waals surface area (Å²) < 4.78 is 10.5. The molecule has 0 spiro atoms. The molecule has 144 valence electrons. The number of aryl methyl sites for hydroxylation is 1. The molecule has 0 saturated heterocycles. The van der Waals surface area contributed by atoms with Crippen molar-refractivity contribution in [1.82, 2.24) is 9.88 Å². The number of rotatable bonds is 5. The highest BCUT2D eigenvalue weighted by Crippen LogP contribution is 2.28. The van der Waals surface area contributed by atoms with Gasteiger partial charge in [-0.2, -0.15) is 0 Å². The quantitative estimate of drug-likeness (QED) is 0.714. The van der Waals surface area contributed by atoms with Gasteiger partial charge in [0.15, 0.2) is 11.7 Å². The highest BCUT2D eigenvalue weighted by molar-refractivity contribution is 7.15. The van der Waals surface area contributed by atoms with Crippen molar-refractivity contribution in [2.75, 3.05) is 18.5 Å². The molecule has 0 fully saturated rings. The lowest BCUT2D eigenvalue weighted by atomic mass is 10.2. The number of furan rings is 1. The molecule has 0 atom stereocenters. The van der Waals surface area contributed by atoms with Crippen LogP contribution in [0.4, 0.5) is 5.13 Å². The van der Waals surface area contributed by atoms with Crippen molar-refractivity contribution in [1.29, 1.82) is 0 Å². The maximum atomic E-state index is 12.5. The highest BCUT2D eigenvalue weighted by Gasteiger charge is 2.25. The third kappa shape index (κ3) is 4.07. The van der Waals surface area contributed by atoms with Crippen molar-refractivity contribution in [2.24, 2.45) is 0 Å². The molecule has 3 heterocycles. The van der Waals surface area contributed by atoms with E-state index in [2.05, 4.69) is 10.3 Å². The third-order valence-corrected chi connectivity index (χ3v) is 5.47. The van der Waals surface area contributed by atoms with Crippen LogP contribution in [-0.2, 0) is 17.8 Å². The number of carbonyl (C=O) groups is 2. The van der Waals surface area contributed by atoms with Gasteiger partial charge in [-0.25, -0.2) is 4.98 Å². The van der Waals surface area contributed by atoms with E-state index in [0.717, 1.165) is 16.1 Å². The smallest absolute Gasteiger partial charge is 0.260 e. The Morgan fingerprint density at radius 1 is 1.29 bits per heavy atom. The molecule has 0 unspecified atom stereocenters. The van der Waals surface area contributed by atoms with Gasteiger partial charge in [-0.1, -0.05) is 29.0 Å². The van der Waals surface area contributed by atoms with Gasteiger partial charge in [0, 0.05) is 17.8 Å². The zero-order valence-electron chi connectivity index (χ0n) is 15.3. The van der Waals surface area contributed by atoms with Crippen LogP contribution in [0.2, 0.25) is 0 Å². The van der Waals surface area contributed by atoms with E-state index in [9.17, 15) is 9.59 Å². The normalized spacial score (nSPS) is 13.1. The first-order chi connectivity index (χ1) is 13.6. The second-order valence-electron chi connectivity index (χ2n) is 6.52. The molecule has 2 aromatic heterocycles. The van der Waals surface area contributed by atoms with Crippen LogP contribution in [0.1, 0.15) is 26.5 Å². The van der Waals surface area contributed by atoms with E-state index in [4.69, 9.17) is 9.15 Å². The Kier molecular flexibility index (Phi) is 5.12. The van der Waals surface area contributed by atoms with Gasteiger partial charge in [0.05, 0.1) is 24.1 Å². The maximum Gasteiger partial charge on any atom is 0.260 e. The highest BCUT2D eigenvalue weighted by atomic mass is 32.1. The Labute approximate surface area is 165 Å². The van der Waals surface area contributed by atoms with Gasteiger partial charge in [0.2, 0.25) is 0 Å². The van der Waals surface area contributed by atoms with Crippen LogP contribution < -0.4 is 10.1 Å². The number of hydrogen-bond donors (Lipinski definition) is 1. The van der Waals surface area contributed by atoms with Gasteiger partial charge in [0.25, 0.3) is 11.8 Å².